The second-order valence-electron chi connectivity index (χ2n) is 5.89. The first-order chi connectivity index (χ1) is 6.97. The Kier molecular flexibility index (Phi) is 4.60. The van der Waals surface area contributed by atoms with Crippen LogP contribution in [0.1, 0.15) is 47.0 Å². The van der Waals surface area contributed by atoms with Crippen molar-refractivity contribution in [3.05, 3.63) is 0 Å². The Hall–Kier alpha value is -0.0800. The standard InChI is InChI=1S/C13H27NO/c1-10(2)7-9-15-11-6-8-13(3,4)12(11)14-5/h10-12,14H,6-9H2,1-5H3. The van der Waals surface area contributed by atoms with Gasteiger partial charge in [0.05, 0.1) is 6.10 Å². The SMILES string of the molecule is CNC1C(OCCC(C)C)CCC1(C)C. The van der Waals surface area contributed by atoms with Gasteiger partial charge in [-0.25, -0.2) is 0 Å². The summed E-state index contributed by atoms with van der Waals surface area (Å²) in [5, 5.41) is 3.42. The Labute approximate surface area is 94.8 Å². The molecule has 1 aliphatic carbocycles. The highest BCUT2D eigenvalue weighted by molar-refractivity contribution is 4.96. The summed E-state index contributed by atoms with van der Waals surface area (Å²) >= 11 is 0. The van der Waals surface area contributed by atoms with E-state index in [2.05, 4.69) is 40.1 Å². The van der Waals surface area contributed by atoms with E-state index in [1.54, 1.807) is 0 Å². The van der Waals surface area contributed by atoms with Crippen molar-refractivity contribution >= 4 is 0 Å². The molecule has 0 aliphatic heterocycles. The third-order valence-corrected chi connectivity index (χ3v) is 3.63. The van der Waals surface area contributed by atoms with Crippen LogP contribution in [0.25, 0.3) is 0 Å². The molecule has 1 rings (SSSR count). The third kappa shape index (κ3) is 3.46. The minimum atomic E-state index is 0.386. The van der Waals surface area contributed by atoms with Crippen molar-refractivity contribution in [2.75, 3.05) is 13.7 Å². The molecule has 1 saturated carbocycles. The number of hydrogen-bond donors (Lipinski definition) is 1. The predicted molar refractivity (Wildman–Crippen MR) is 65.1 cm³/mol. The average molecular weight is 213 g/mol. The molecule has 0 spiro atoms. The molecule has 0 radical (unpaired) electrons. The van der Waals surface area contributed by atoms with E-state index in [9.17, 15) is 0 Å². The van der Waals surface area contributed by atoms with Crippen LogP contribution in [0.3, 0.4) is 0 Å². The molecule has 1 aliphatic rings. The Balaban J connectivity index is 2.36. The van der Waals surface area contributed by atoms with Crippen LogP contribution >= 0.6 is 0 Å². The van der Waals surface area contributed by atoms with E-state index in [1.807, 2.05) is 0 Å². The van der Waals surface area contributed by atoms with Gasteiger partial charge in [0, 0.05) is 12.6 Å². The number of ether oxygens (including phenoxy) is 1. The molecule has 90 valence electrons. The van der Waals surface area contributed by atoms with E-state index in [4.69, 9.17) is 4.74 Å². The van der Waals surface area contributed by atoms with Gasteiger partial charge in [0.1, 0.15) is 0 Å². The molecule has 1 N–H and O–H groups in total. The maximum absolute atomic E-state index is 5.99. The smallest absolute Gasteiger partial charge is 0.0733 e. The molecule has 0 saturated heterocycles. The molecule has 0 aromatic rings. The maximum Gasteiger partial charge on any atom is 0.0733 e. The van der Waals surface area contributed by atoms with E-state index in [0.29, 0.717) is 17.6 Å². The topological polar surface area (TPSA) is 21.3 Å². The van der Waals surface area contributed by atoms with Crippen molar-refractivity contribution in [1.82, 2.24) is 5.32 Å². The van der Waals surface area contributed by atoms with Crippen LogP contribution in [-0.4, -0.2) is 25.8 Å². The van der Waals surface area contributed by atoms with E-state index in [1.165, 1.54) is 19.3 Å². The normalized spacial score (nSPS) is 30.0. The summed E-state index contributed by atoms with van der Waals surface area (Å²) in [6.07, 6.45) is 4.07. The van der Waals surface area contributed by atoms with Crippen LogP contribution in [0.15, 0.2) is 0 Å². The predicted octanol–water partition coefficient (Wildman–Crippen LogP) is 2.83. The molecule has 0 aromatic carbocycles. The van der Waals surface area contributed by atoms with Gasteiger partial charge in [0.2, 0.25) is 0 Å². The van der Waals surface area contributed by atoms with Crippen molar-refractivity contribution in [3.8, 4) is 0 Å². The van der Waals surface area contributed by atoms with Crippen LogP contribution in [0.2, 0.25) is 0 Å². The second kappa shape index (κ2) is 5.31. The first-order valence-corrected chi connectivity index (χ1v) is 6.26. The van der Waals surface area contributed by atoms with Gasteiger partial charge < -0.3 is 10.1 Å². The zero-order valence-corrected chi connectivity index (χ0v) is 11.0. The van der Waals surface area contributed by atoms with E-state index in [0.717, 1.165) is 12.5 Å². The summed E-state index contributed by atoms with van der Waals surface area (Å²) in [6.45, 7) is 10.1. The maximum atomic E-state index is 5.99. The van der Waals surface area contributed by atoms with Crippen LogP contribution in [0.4, 0.5) is 0 Å². The minimum Gasteiger partial charge on any atom is -0.377 e. The van der Waals surface area contributed by atoms with Gasteiger partial charge in [-0.15, -0.1) is 0 Å². The lowest BCUT2D eigenvalue weighted by Gasteiger charge is -2.30. The Morgan fingerprint density at radius 2 is 2.07 bits per heavy atom. The Morgan fingerprint density at radius 1 is 1.40 bits per heavy atom. The molecule has 2 nitrogen and oxygen atoms in total. The summed E-state index contributed by atoms with van der Waals surface area (Å²) < 4.78 is 5.99. The van der Waals surface area contributed by atoms with Gasteiger partial charge >= 0.3 is 0 Å². The first kappa shape index (κ1) is 13.0. The fourth-order valence-corrected chi connectivity index (χ4v) is 2.55. The molecular weight excluding hydrogens is 186 g/mol. The van der Waals surface area contributed by atoms with Gasteiger partial charge in [0.15, 0.2) is 0 Å². The van der Waals surface area contributed by atoms with Crippen LogP contribution in [0.5, 0.6) is 0 Å². The van der Waals surface area contributed by atoms with Crippen molar-refractivity contribution in [3.63, 3.8) is 0 Å². The zero-order chi connectivity index (χ0) is 11.5. The van der Waals surface area contributed by atoms with E-state index in [-0.39, 0.29) is 0 Å². The molecule has 2 heteroatoms. The van der Waals surface area contributed by atoms with Gasteiger partial charge in [-0.2, -0.15) is 0 Å². The Bertz CT molecular complexity index is 189. The molecular formula is C13H27NO. The van der Waals surface area contributed by atoms with Crippen molar-refractivity contribution < 1.29 is 4.74 Å². The van der Waals surface area contributed by atoms with Gasteiger partial charge in [-0.3, -0.25) is 0 Å². The van der Waals surface area contributed by atoms with Gasteiger partial charge in [0.25, 0.3) is 0 Å². The zero-order valence-electron chi connectivity index (χ0n) is 11.0. The molecule has 1 fully saturated rings. The number of nitrogens with one attached hydrogen (secondary N) is 1. The fourth-order valence-electron chi connectivity index (χ4n) is 2.55. The monoisotopic (exact) mass is 213 g/mol. The highest BCUT2D eigenvalue weighted by Crippen LogP contribution is 2.38. The van der Waals surface area contributed by atoms with Crippen LogP contribution in [0, 0.1) is 11.3 Å². The summed E-state index contributed by atoms with van der Waals surface area (Å²) in [4.78, 5) is 0. The average Bonchev–Trinajstić information content (AvgIpc) is 2.40. The lowest BCUT2D eigenvalue weighted by molar-refractivity contribution is 0.0236. The minimum absolute atomic E-state index is 0.386. The van der Waals surface area contributed by atoms with Crippen molar-refractivity contribution in [2.24, 2.45) is 11.3 Å². The van der Waals surface area contributed by atoms with Crippen LogP contribution in [-0.2, 0) is 4.74 Å². The first-order valence-electron chi connectivity index (χ1n) is 6.26. The lowest BCUT2D eigenvalue weighted by Crippen LogP contribution is -2.43. The number of rotatable bonds is 5. The van der Waals surface area contributed by atoms with E-state index < -0.39 is 0 Å². The lowest BCUT2D eigenvalue weighted by atomic mass is 9.87. The summed E-state index contributed by atoms with van der Waals surface area (Å²) in [6, 6.07) is 0.518. The van der Waals surface area contributed by atoms with Gasteiger partial charge in [-0.05, 0) is 37.6 Å². The molecule has 2 unspecified atom stereocenters. The quantitative estimate of drug-likeness (QED) is 0.758. The number of likely N-dealkylation sites (N-methyl/N-ethyl adjacent to an activating group) is 1. The molecule has 0 amide bonds. The summed E-state index contributed by atoms with van der Waals surface area (Å²) in [5.74, 6) is 0.743. The summed E-state index contributed by atoms with van der Waals surface area (Å²) in [7, 11) is 2.05. The Morgan fingerprint density at radius 3 is 2.60 bits per heavy atom. The largest absolute Gasteiger partial charge is 0.377 e. The van der Waals surface area contributed by atoms with Crippen molar-refractivity contribution in [1.29, 1.82) is 0 Å². The molecule has 0 heterocycles. The van der Waals surface area contributed by atoms with Crippen molar-refractivity contribution in [2.45, 2.75) is 59.1 Å². The van der Waals surface area contributed by atoms with E-state index >= 15 is 0 Å². The van der Waals surface area contributed by atoms with Crippen LogP contribution < -0.4 is 5.32 Å². The van der Waals surface area contributed by atoms with Gasteiger partial charge in [-0.1, -0.05) is 27.7 Å². The highest BCUT2D eigenvalue weighted by atomic mass is 16.5. The third-order valence-electron chi connectivity index (χ3n) is 3.63. The summed E-state index contributed by atoms with van der Waals surface area (Å²) in [5.41, 5.74) is 0.386. The molecule has 0 aromatic heterocycles. The molecule has 0 bridgehead atoms. The molecule has 2 atom stereocenters. The fraction of sp³-hybridized carbons (Fsp3) is 1.00. The number of hydrogen-bond acceptors (Lipinski definition) is 2. The second-order valence-corrected chi connectivity index (χ2v) is 5.89. The highest BCUT2D eigenvalue weighted by Gasteiger charge is 2.41. The molecule has 15 heavy (non-hydrogen) atoms.